The molecule has 1 saturated carbocycles. The fourth-order valence-corrected chi connectivity index (χ4v) is 5.75. The summed E-state index contributed by atoms with van der Waals surface area (Å²) in [5.41, 5.74) is 1.50. The molecule has 166 valence electrons. The molecule has 0 N–H and O–H groups in total. The number of rotatable bonds is 6. The Balaban J connectivity index is 1.29. The van der Waals surface area contributed by atoms with E-state index in [4.69, 9.17) is 9.40 Å². The van der Waals surface area contributed by atoms with Gasteiger partial charge in [0.2, 0.25) is 0 Å². The van der Waals surface area contributed by atoms with Gasteiger partial charge in [-0.05, 0) is 48.6 Å². The van der Waals surface area contributed by atoms with Gasteiger partial charge in [-0.25, -0.2) is 9.99 Å². The fraction of sp³-hybridized carbons (Fsp3) is 0.250. The Morgan fingerprint density at radius 2 is 2.03 bits per heavy atom. The highest BCUT2D eigenvalue weighted by molar-refractivity contribution is 7.99. The van der Waals surface area contributed by atoms with Crippen LogP contribution in [-0.2, 0) is 4.79 Å². The lowest BCUT2D eigenvalue weighted by atomic mass is 10.1. The van der Waals surface area contributed by atoms with E-state index in [1.807, 2.05) is 53.9 Å². The van der Waals surface area contributed by atoms with E-state index in [0.29, 0.717) is 28.2 Å². The third-order valence-corrected chi connectivity index (χ3v) is 7.71. The number of aromatic nitrogens is 2. The number of carbonyl (C=O) groups excluding carboxylic acids is 1. The smallest absolute Gasteiger partial charge is 0.262 e. The van der Waals surface area contributed by atoms with Crippen molar-refractivity contribution in [1.82, 2.24) is 14.6 Å². The molecule has 0 saturated heterocycles. The fourth-order valence-electron chi connectivity index (χ4n) is 4.11. The Morgan fingerprint density at radius 3 is 2.79 bits per heavy atom. The van der Waals surface area contributed by atoms with Crippen molar-refractivity contribution in [3.8, 4) is 0 Å². The number of hydrogen-bond acceptors (Lipinski definition) is 7. The topological polar surface area (TPSA) is 80.7 Å². The van der Waals surface area contributed by atoms with Gasteiger partial charge in [-0.2, -0.15) is 5.10 Å². The largest absolute Gasteiger partial charge is 0.467 e. The van der Waals surface area contributed by atoms with Crippen molar-refractivity contribution in [2.75, 3.05) is 5.75 Å². The lowest BCUT2D eigenvalue weighted by Gasteiger charge is -2.20. The first-order valence-electron chi connectivity index (χ1n) is 10.8. The van der Waals surface area contributed by atoms with Crippen molar-refractivity contribution in [1.29, 1.82) is 0 Å². The van der Waals surface area contributed by atoms with Gasteiger partial charge in [0.1, 0.15) is 11.8 Å². The molecule has 1 atom stereocenters. The second-order valence-electron chi connectivity index (χ2n) is 8.10. The van der Waals surface area contributed by atoms with Gasteiger partial charge in [0.25, 0.3) is 11.5 Å². The van der Waals surface area contributed by atoms with E-state index in [0.717, 1.165) is 23.4 Å². The van der Waals surface area contributed by atoms with Crippen LogP contribution in [0.3, 0.4) is 0 Å². The summed E-state index contributed by atoms with van der Waals surface area (Å²) >= 11 is 2.91. The zero-order valence-electron chi connectivity index (χ0n) is 17.6. The number of carbonyl (C=O) groups is 1. The maximum absolute atomic E-state index is 13.3. The highest BCUT2D eigenvalue weighted by Gasteiger charge is 2.35. The van der Waals surface area contributed by atoms with E-state index in [2.05, 4.69) is 5.10 Å². The van der Waals surface area contributed by atoms with Gasteiger partial charge in [0.15, 0.2) is 5.16 Å². The summed E-state index contributed by atoms with van der Waals surface area (Å²) in [6, 6.07) is 14.9. The number of benzene rings is 1. The molecule has 1 unspecified atom stereocenters. The third-order valence-electron chi connectivity index (χ3n) is 5.86. The summed E-state index contributed by atoms with van der Waals surface area (Å²) in [7, 11) is 0. The van der Waals surface area contributed by atoms with Gasteiger partial charge in [-0.15, -0.1) is 11.3 Å². The molecule has 1 aliphatic carbocycles. The van der Waals surface area contributed by atoms with Crippen molar-refractivity contribution in [3.05, 3.63) is 81.2 Å². The first-order chi connectivity index (χ1) is 16.2. The summed E-state index contributed by atoms with van der Waals surface area (Å²) in [6.07, 6.45) is 4.14. The van der Waals surface area contributed by atoms with E-state index >= 15 is 0 Å². The van der Waals surface area contributed by atoms with Crippen LogP contribution in [-0.4, -0.2) is 31.9 Å². The van der Waals surface area contributed by atoms with E-state index in [1.54, 1.807) is 22.2 Å². The van der Waals surface area contributed by atoms with Crippen LogP contribution in [0.15, 0.2) is 79.6 Å². The van der Waals surface area contributed by atoms with Crippen LogP contribution in [0.1, 0.15) is 42.0 Å². The standard InChI is InChI=1S/C24H20N4O3S2/c29-22(28-19(20-7-3-11-31-20)13-18(26-28)21-8-4-12-32-21)14-33-24-25-17-6-2-1-5-16(17)23(30)27(24)15-9-10-15/h1-8,11-12,15,19H,9-10,13-14H2. The molecule has 33 heavy (non-hydrogen) atoms. The van der Waals surface area contributed by atoms with E-state index in [1.165, 1.54) is 16.8 Å². The van der Waals surface area contributed by atoms with Gasteiger partial charge in [-0.3, -0.25) is 14.2 Å². The van der Waals surface area contributed by atoms with Crippen molar-refractivity contribution < 1.29 is 9.21 Å². The van der Waals surface area contributed by atoms with Crippen LogP contribution in [0.2, 0.25) is 0 Å². The van der Waals surface area contributed by atoms with Gasteiger partial charge in [0, 0.05) is 12.5 Å². The minimum Gasteiger partial charge on any atom is -0.467 e. The number of para-hydroxylation sites is 1. The molecule has 0 spiro atoms. The van der Waals surface area contributed by atoms with Gasteiger partial charge in [0.05, 0.1) is 33.5 Å². The summed E-state index contributed by atoms with van der Waals surface area (Å²) in [6.45, 7) is 0. The van der Waals surface area contributed by atoms with Crippen molar-refractivity contribution >= 4 is 45.6 Å². The maximum Gasteiger partial charge on any atom is 0.262 e. The molecule has 4 aromatic rings. The Kier molecular flexibility index (Phi) is 5.15. The van der Waals surface area contributed by atoms with Gasteiger partial charge >= 0.3 is 0 Å². The van der Waals surface area contributed by atoms with Crippen LogP contribution >= 0.6 is 23.1 Å². The van der Waals surface area contributed by atoms with Crippen molar-refractivity contribution in [3.63, 3.8) is 0 Å². The highest BCUT2D eigenvalue weighted by Crippen LogP contribution is 2.38. The minimum absolute atomic E-state index is 0.0364. The predicted octanol–water partition coefficient (Wildman–Crippen LogP) is 4.86. The summed E-state index contributed by atoms with van der Waals surface area (Å²) < 4.78 is 7.38. The number of thiophene rings is 1. The second kappa shape index (κ2) is 8.31. The Hall–Kier alpha value is -3.17. The maximum atomic E-state index is 13.3. The molecule has 1 aromatic carbocycles. The van der Waals surface area contributed by atoms with Crippen molar-refractivity contribution in [2.24, 2.45) is 5.10 Å². The molecule has 0 radical (unpaired) electrons. The molecule has 9 heteroatoms. The molecule has 1 aliphatic heterocycles. The number of amides is 1. The third kappa shape index (κ3) is 3.81. The first kappa shape index (κ1) is 20.4. The number of furan rings is 1. The minimum atomic E-state index is -0.277. The van der Waals surface area contributed by atoms with Crippen molar-refractivity contribution in [2.45, 2.75) is 36.5 Å². The lowest BCUT2D eigenvalue weighted by Crippen LogP contribution is -2.29. The first-order valence-corrected chi connectivity index (χ1v) is 12.7. The zero-order valence-corrected chi connectivity index (χ0v) is 19.2. The molecular formula is C24H20N4O3S2. The number of hydrogen-bond donors (Lipinski definition) is 0. The van der Waals surface area contributed by atoms with Crippen LogP contribution < -0.4 is 5.56 Å². The lowest BCUT2D eigenvalue weighted by molar-refractivity contribution is -0.130. The molecule has 1 fully saturated rings. The number of hydrazone groups is 1. The van der Waals surface area contributed by atoms with Gasteiger partial charge in [-0.1, -0.05) is 30.0 Å². The van der Waals surface area contributed by atoms with Crippen LogP contribution in [0.5, 0.6) is 0 Å². The van der Waals surface area contributed by atoms with Crippen LogP contribution in [0, 0.1) is 0 Å². The Bertz CT molecular complexity index is 1410. The Labute approximate surface area is 197 Å². The molecule has 1 amide bonds. The van der Waals surface area contributed by atoms with E-state index < -0.39 is 0 Å². The number of thioether (sulfide) groups is 1. The summed E-state index contributed by atoms with van der Waals surface area (Å²) in [5, 5.41) is 9.40. The molecule has 3 aromatic heterocycles. The Morgan fingerprint density at radius 1 is 1.15 bits per heavy atom. The normalized spacial score (nSPS) is 18.1. The monoisotopic (exact) mass is 476 g/mol. The highest BCUT2D eigenvalue weighted by atomic mass is 32.2. The molecule has 7 nitrogen and oxygen atoms in total. The molecular weight excluding hydrogens is 456 g/mol. The summed E-state index contributed by atoms with van der Waals surface area (Å²) in [5.74, 6) is 0.704. The molecule has 4 heterocycles. The molecule has 2 aliphatic rings. The SMILES string of the molecule is O=C(CSc1nc2ccccc2c(=O)n1C1CC1)N1N=C(c2cccs2)CC1c1ccco1. The average molecular weight is 477 g/mol. The quantitative estimate of drug-likeness (QED) is 0.293. The van der Waals surface area contributed by atoms with E-state index in [-0.39, 0.29) is 29.3 Å². The van der Waals surface area contributed by atoms with Crippen LogP contribution in [0.4, 0.5) is 0 Å². The average Bonchev–Trinajstić information content (AvgIpc) is 3.26. The predicted molar refractivity (Wildman–Crippen MR) is 129 cm³/mol. The zero-order chi connectivity index (χ0) is 22.4. The van der Waals surface area contributed by atoms with E-state index in [9.17, 15) is 9.59 Å². The number of fused-ring (bicyclic) bond motifs is 1. The molecule has 0 bridgehead atoms. The summed E-state index contributed by atoms with van der Waals surface area (Å²) in [4.78, 5) is 32.2. The molecule has 6 rings (SSSR count). The second-order valence-corrected chi connectivity index (χ2v) is 9.99. The van der Waals surface area contributed by atoms with Gasteiger partial charge < -0.3 is 4.42 Å². The number of nitrogens with zero attached hydrogens (tertiary/aromatic N) is 4. The van der Waals surface area contributed by atoms with Crippen LogP contribution in [0.25, 0.3) is 10.9 Å².